The Hall–Kier alpha value is -3.71. The number of nitrogens with two attached hydrogens (primary N) is 2. The number of benzene rings is 1. The van der Waals surface area contributed by atoms with Gasteiger partial charge in [0.25, 0.3) is 5.91 Å². The van der Waals surface area contributed by atoms with Crippen molar-refractivity contribution >= 4 is 29.6 Å². The van der Waals surface area contributed by atoms with Gasteiger partial charge in [0, 0.05) is 24.9 Å². The Morgan fingerprint density at radius 1 is 1.18 bits per heavy atom. The van der Waals surface area contributed by atoms with E-state index in [1.54, 1.807) is 12.1 Å². The number of aliphatic hydroxyl groups is 2. The lowest BCUT2D eigenvalue weighted by molar-refractivity contribution is -0.230. The van der Waals surface area contributed by atoms with E-state index in [4.69, 9.17) is 11.5 Å². The molecule has 0 radical (unpaired) electrons. The summed E-state index contributed by atoms with van der Waals surface area (Å²) in [6, 6.07) is 2.28. The summed E-state index contributed by atoms with van der Waals surface area (Å²) in [5.41, 5.74) is 12.4. The molecular weight excluding hydrogens is 492 g/mol. The number of guanidine groups is 2. The molecular formula is C25H34N8O5. The number of likely N-dealkylation sites (tertiary alicyclic amines) is 1. The number of hydrogen-bond acceptors (Lipinski definition) is 11. The molecule has 38 heavy (non-hydrogen) atoms. The number of imide groups is 1. The number of rotatable bonds is 4. The van der Waals surface area contributed by atoms with Crippen LogP contribution in [-0.2, 0) is 15.0 Å². The van der Waals surface area contributed by atoms with E-state index in [0.29, 0.717) is 5.56 Å². The third-order valence-corrected chi connectivity index (χ3v) is 7.90. The van der Waals surface area contributed by atoms with Gasteiger partial charge in [-0.25, -0.2) is 9.98 Å². The van der Waals surface area contributed by atoms with Crippen molar-refractivity contribution in [2.24, 2.45) is 21.5 Å². The van der Waals surface area contributed by atoms with Crippen LogP contribution in [0, 0.1) is 6.92 Å². The third-order valence-electron chi connectivity index (χ3n) is 7.90. The van der Waals surface area contributed by atoms with Gasteiger partial charge in [0.05, 0.1) is 12.6 Å². The van der Waals surface area contributed by atoms with Crippen LogP contribution in [0.4, 0.5) is 0 Å². The first kappa shape index (κ1) is 25.9. The van der Waals surface area contributed by atoms with E-state index in [2.05, 4.69) is 20.6 Å². The Morgan fingerprint density at radius 3 is 2.47 bits per heavy atom. The van der Waals surface area contributed by atoms with Gasteiger partial charge in [-0.1, -0.05) is 32.9 Å². The van der Waals surface area contributed by atoms with Crippen LogP contribution in [0.15, 0.2) is 28.2 Å². The van der Waals surface area contributed by atoms with Crippen molar-refractivity contribution in [3.05, 3.63) is 34.9 Å². The zero-order chi connectivity index (χ0) is 27.8. The summed E-state index contributed by atoms with van der Waals surface area (Å²) >= 11 is 0. The van der Waals surface area contributed by atoms with E-state index in [9.17, 15) is 24.6 Å². The largest absolute Gasteiger partial charge is 0.370 e. The van der Waals surface area contributed by atoms with Crippen molar-refractivity contribution in [1.82, 2.24) is 20.4 Å². The van der Waals surface area contributed by atoms with Crippen LogP contribution in [0.5, 0.6) is 0 Å². The fraction of sp³-hybridized carbons (Fsp3) is 0.560. The molecule has 4 heterocycles. The molecule has 1 spiro atoms. The van der Waals surface area contributed by atoms with Crippen molar-refractivity contribution in [1.29, 1.82) is 0 Å². The molecule has 3 amide bonds. The maximum absolute atomic E-state index is 13.5. The highest BCUT2D eigenvalue weighted by Crippen LogP contribution is 2.45. The van der Waals surface area contributed by atoms with Gasteiger partial charge in [-0.15, -0.1) is 0 Å². The zero-order valence-corrected chi connectivity index (χ0v) is 21.9. The maximum Gasteiger partial charge on any atom is 0.252 e. The van der Waals surface area contributed by atoms with Crippen LogP contribution in [0.1, 0.15) is 55.1 Å². The predicted octanol–water partition coefficient (Wildman–Crippen LogP) is -1.78. The van der Waals surface area contributed by atoms with Gasteiger partial charge in [0.15, 0.2) is 17.6 Å². The molecule has 2 unspecified atom stereocenters. The average molecular weight is 527 g/mol. The molecule has 0 aliphatic carbocycles. The maximum atomic E-state index is 13.5. The second-order valence-corrected chi connectivity index (χ2v) is 11.4. The molecule has 2 fully saturated rings. The lowest BCUT2D eigenvalue weighted by Crippen LogP contribution is -2.78. The van der Waals surface area contributed by atoms with Crippen LogP contribution in [-0.4, -0.2) is 92.3 Å². The van der Waals surface area contributed by atoms with Gasteiger partial charge in [0.1, 0.15) is 12.1 Å². The molecule has 4 atom stereocenters. The van der Waals surface area contributed by atoms with Crippen molar-refractivity contribution in [3.63, 3.8) is 0 Å². The van der Waals surface area contributed by atoms with E-state index >= 15 is 0 Å². The number of hydrogen-bond donors (Lipinski definition) is 6. The van der Waals surface area contributed by atoms with Gasteiger partial charge in [-0.2, -0.15) is 0 Å². The third kappa shape index (κ3) is 3.63. The molecule has 13 heteroatoms. The smallest absolute Gasteiger partial charge is 0.252 e. The summed E-state index contributed by atoms with van der Waals surface area (Å²) < 4.78 is 0. The second kappa shape index (κ2) is 8.40. The van der Waals surface area contributed by atoms with E-state index in [1.165, 1.54) is 4.90 Å². The van der Waals surface area contributed by atoms with Crippen LogP contribution >= 0.6 is 0 Å². The second-order valence-electron chi connectivity index (χ2n) is 11.4. The Labute approximate surface area is 220 Å². The van der Waals surface area contributed by atoms with Crippen molar-refractivity contribution in [2.75, 3.05) is 13.1 Å². The highest BCUT2D eigenvalue weighted by molar-refractivity contribution is 6.02. The summed E-state index contributed by atoms with van der Waals surface area (Å²) in [7, 11) is 0. The average Bonchev–Trinajstić information content (AvgIpc) is 3.41. The minimum Gasteiger partial charge on any atom is -0.370 e. The van der Waals surface area contributed by atoms with E-state index in [1.807, 2.05) is 33.8 Å². The molecule has 1 aromatic carbocycles. The van der Waals surface area contributed by atoms with Crippen molar-refractivity contribution < 1.29 is 24.6 Å². The SMILES string of the molecule is Cc1cccc(C(=O)NC2CN3C(N)=N[C@@H](CN4C(=O)CCC4=O)[C@@H]4N=C(N)NC43C2(O)O)c1C(C)(C)C. The number of carbonyl (C=O) groups is 3. The molecule has 4 aliphatic rings. The Bertz CT molecular complexity index is 1270. The number of nitrogens with zero attached hydrogens (tertiary/aromatic N) is 4. The number of amides is 3. The molecule has 0 aromatic heterocycles. The minimum atomic E-state index is -2.62. The molecule has 0 bridgehead atoms. The summed E-state index contributed by atoms with van der Waals surface area (Å²) in [5, 5.41) is 29.0. The predicted molar refractivity (Wildman–Crippen MR) is 138 cm³/mol. The van der Waals surface area contributed by atoms with Crippen LogP contribution < -0.4 is 22.1 Å². The van der Waals surface area contributed by atoms with Gasteiger partial charge in [-0.05, 0) is 29.5 Å². The molecule has 1 aromatic rings. The first-order valence-corrected chi connectivity index (χ1v) is 12.6. The van der Waals surface area contributed by atoms with Crippen molar-refractivity contribution in [3.8, 4) is 0 Å². The standard InChI is InChI=1S/C25H34N8O5/c1-12-6-5-7-13(18(12)23(2,3)4)20(36)29-15-11-33-22(27)28-14(10-32-16(34)8-9-17(32)35)19-24(33,25(15,37)38)31-21(26)30-19/h5-7,14-15,19,37-38H,8-11H2,1-4H3,(H2,27,28)(H,29,36)(H3,26,30,31)/t14-,15?,19-,24?/m0/s1. The Balaban J connectivity index is 1.48. The zero-order valence-electron chi connectivity index (χ0n) is 21.9. The molecule has 0 saturated carbocycles. The quantitative estimate of drug-likeness (QED) is 0.194. The summed E-state index contributed by atoms with van der Waals surface area (Å²) in [6.07, 6.45) is 0.202. The molecule has 13 nitrogen and oxygen atoms in total. The summed E-state index contributed by atoms with van der Waals surface area (Å²) in [6.45, 7) is 7.69. The van der Waals surface area contributed by atoms with E-state index < -0.39 is 35.5 Å². The first-order valence-electron chi connectivity index (χ1n) is 12.6. The normalized spacial score (nSPS) is 30.0. The van der Waals surface area contributed by atoms with Crippen LogP contribution in [0.25, 0.3) is 0 Å². The number of aryl methyl sites for hydroxylation is 1. The van der Waals surface area contributed by atoms with Gasteiger partial charge < -0.3 is 37.2 Å². The lowest BCUT2D eigenvalue weighted by Gasteiger charge is -2.49. The van der Waals surface area contributed by atoms with Gasteiger partial charge in [-0.3, -0.25) is 19.3 Å². The Morgan fingerprint density at radius 2 is 1.84 bits per heavy atom. The first-order chi connectivity index (χ1) is 17.7. The highest BCUT2D eigenvalue weighted by atomic mass is 16.5. The fourth-order valence-electron chi connectivity index (χ4n) is 6.34. The van der Waals surface area contributed by atoms with Crippen LogP contribution in [0.2, 0.25) is 0 Å². The number of nitrogens with one attached hydrogen (secondary N) is 2. The summed E-state index contributed by atoms with van der Waals surface area (Å²) in [4.78, 5) is 49.4. The monoisotopic (exact) mass is 526 g/mol. The van der Waals surface area contributed by atoms with Gasteiger partial charge in [0.2, 0.25) is 17.6 Å². The molecule has 8 N–H and O–H groups in total. The van der Waals surface area contributed by atoms with Crippen molar-refractivity contribution in [2.45, 2.75) is 75.5 Å². The van der Waals surface area contributed by atoms with Gasteiger partial charge >= 0.3 is 0 Å². The molecule has 5 rings (SSSR count). The van der Waals surface area contributed by atoms with E-state index in [-0.39, 0.29) is 55.1 Å². The Kier molecular flexibility index (Phi) is 5.73. The number of aliphatic imine (C=N–C) groups is 2. The fourth-order valence-corrected chi connectivity index (χ4v) is 6.34. The highest BCUT2D eigenvalue weighted by Gasteiger charge is 2.73. The summed E-state index contributed by atoms with van der Waals surface area (Å²) in [5.74, 6) is -3.92. The van der Waals surface area contributed by atoms with E-state index in [0.717, 1.165) is 16.0 Å². The van der Waals surface area contributed by atoms with Crippen LogP contribution in [0.3, 0.4) is 0 Å². The minimum absolute atomic E-state index is 0.0575. The molecule has 4 aliphatic heterocycles. The topological polar surface area (TPSA) is 199 Å². The molecule has 204 valence electrons. The molecule has 2 saturated heterocycles. The lowest BCUT2D eigenvalue weighted by atomic mass is 9.80. The number of carbonyl (C=O) groups excluding carboxylic acids is 3.